The average molecular weight is 476 g/mol. The Labute approximate surface area is 207 Å². The first-order valence-corrected chi connectivity index (χ1v) is 12.0. The molecule has 0 N–H and O–H groups in total. The van der Waals surface area contributed by atoms with Gasteiger partial charge in [0, 0.05) is 18.7 Å². The van der Waals surface area contributed by atoms with E-state index >= 15 is 0 Å². The van der Waals surface area contributed by atoms with E-state index in [1.165, 1.54) is 5.56 Å². The van der Waals surface area contributed by atoms with Crippen LogP contribution in [0.5, 0.6) is 23.0 Å². The van der Waals surface area contributed by atoms with Crippen LogP contribution in [-0.2, 0) is 13.0 Å². The Kier molecular flexibility index (Phi) is 8.14. The summed E-state index contributed by atoms with van der Waals surface area (Å²) < 4.78 is 22.4. The zero-order chi connectivity index (χ0) is 24.6. The minimum absolute atomic E-state index is 0.0147. The predicted octanol–water partition coefficient (Wildman–Crippen LogP) is 5.39. The Bertz CT molecular complexity index is 1080. The van der Waals surface area contributed by atoms with Crippen LogP contribution >= 0.6 is 0 Å². The van der Waals surface area contributed by atoms with Crippen molar-refractivity contribution < 1.29 is 23.7 Å². The maximum absolute atomic E-state index is 13.3. The molecule has 3 aromatic carbocycles. The van der Waals surface area contributed by atoms with Gasteiger partial charge in [-0.05, 0) is 60.6 Å². The van der Waals surface area contributed by atoms with E-state index in [0.717, 1.165) is 43.7 Å². The van der Waals surface area contributed by atoms with E-state index in [1.54, 1.807) is 33.5 Å². The van der Waals surface area contributed by atoms with Crippen molar-refractivity contribution in [3.8, 4) is 23.0 Å². The molecule has 0 atom stereocenters. The Morgan fingerprint density at radius 2 is 1.46 bits per heavy atom. The summed E-state index contributed by atoms with van der Waals surface area (Å²) >= 11 is 0. The van der Waals surface area contributed by atoms with Gasteiger partial charge in [-0.2, -0.15) is 0 Å². The standard InChI is InChI=1S/C29H33NO5/c1-32-25-11-9-21(10-12-25)17-22-13-15-30(16-14-22)29(31)24-18-26(33-2)28(27(19-24)34-3)35-20-23-7-5-4-6-8-23/h4-12,18-19,22H,13-17,20H2,1-3H3. The van der Waals surface area contributed by atoms with Crippen LogP contribution in [0, 0.1) is 5.92 Å². The first kappa shape index (κ1) is 24.5. The van der Waals surface area contributed by atoms with Gasteiger partial charge >= 0.3 is 0 Å². The molecule has 1 aliphatic heterocycles. The molecule has 1 saturated heterocycles. The van der Waals surface area contributed by atoms with Crippen molar-refractivity contribution in [3.05, 3.63) is 83.4 Å². The number of hydrogen-bond acceptors (Lipinski definition) is 5. The lowest BCUT2D eigenvalue weighted by Crippen LogP contribution is -2.38. The van der Waals surface area contributed by atoms with Crippen LogP contribution in [0.25, 0.3) is 0 Å². The van der Waals surface area contributed by atoms with Crippen LogP contribution in [0.3, 0.4) is 0 Å². The van der Waals surface area contributed by atoms with Crippen LogP contribution in [0.1, 0.15) is 34.3 Å². The number of carbonyl (C=O) groups excluding carboxylic acids is 1. The van der Waals surface area contributed by atoms with E-state index in [4.69, 9.17) is 18.9 Å². The van der Waals surface area contributed by atoms with Crippen molar-refractivity contribution in [1.82, 2.24) is 4.90 Å². The summed E-state index contributed by atoms with van der Waals surface area (Å²) in [6.07, 6.45) is 2.97. The lowest BCUT2D eigenvalue weighted by Gasteiger charge is -2.32. The second kappa shape index (κ2) is 11.6. The zero-order valence-electron chi connectivity index (χ0n) is 20.7. The molecule has 4 rings (SSSR count). The van der Waals surface area contributed by atoms with E-state index in [2.05, 4.69) is 12.1 Å². The van der Waals surface area contributed by atoms with Crippen molar-refractivity contribution in [3.63, 3.8) is 0 Å². The summed E-state index contributed by atoms with van der Waals surface area (Å²) in [4.78, 5) is 15.2. The monoisotopic (exact) mass is 475 g/mol. The highest BCUT2D eigenvalue weighted by atomic mass is 16.5. The Balaban J connectivity index is 1.40. The number of benzene rings is 3. The molecule has 0 radical (unpaired) electrons. The van der Waals surface area contributed by atoms with Gasteiger partial charge in [-0.3, -0.25) is 4.79 Å². The van der Waals surface area contributed by atoms with Gasteiger partial charge < -0.3 is 23.8 Å². The summed E-state index contributed by atoms with van der Waals surface area (Å²) in [5.74, 6) is 2.88. The Morgan fingerprint density at radius 3 is 2.03 bits per heavy atom. The fraction of sp³-hybridized carbons (Fsp3) is 0.345. The molecule has 0 aliphatic carbocycles. The summed E-state index contributed by atoms with van der Waals surface area (Å²) in [6.45, 7) is 1.84. The molecule has 1 fully saturated rings. The maximum atomic E-state index is 13.3. The van der Waals surface area contributed by atoms with Crippen LogP contribution < -0.4 is 18.9 Å². The molecule has 0 bridgehead atoms. The smallest absolute Gasteiger partial charge is 0.254 e. The van der Waals surface area contributed by atoms with Crippen LogP contribution in [0.15, 0.2) is 66.7 Å². The summed E-state index contributed by atoms with van der Waals surface area (Å²) in [5.41, 5.74) is 2.88. The van der Waals surface area contributed by atoms with Crippen molar-refractivity contribution in [2.45, 2.75) is 25.9 Å². The lowest BCUT2D eigenvalue weighted by atomic mass is 9.90. The van der Waals surface area contributed by atoms with Gasteiger partial charge in [-0.1, -0.05) is 42.5 Å². The first-order valence-electron chi connectivity index (χ1n) is 12.0. The number of piperidine rings is 1. The first-order chi connectivity index (χ1) is 17.1. The van der Waals surface area contributed by atoms with Crippen molar-refractivity contribution >= 4 is 5.91 Å². The third kappa shape index (κ3) is 6.07. The highest BCUT2D eigenvalue weighted by Crippen LogP contribution is 2.39. The Hall–Kier alpha value is -3.67. The largest absolute Gasteiger partial charge is 0.497 e. The molecular formula is C29H33NO5. The molecule has 0 saturated carbocycles. The molecule has 6 heteroatoms. The minimum Gasteiger partial charge on any atom is -0.497 e. The second-order valence-electron chi connectivity index (χ2n) is 8.77. The normalized spacial score (nSPS) is 13.9. The van der Waals surface area contributed by atoms with E-state index < -0.39 is 0 Å². The maximum Gasteiger partial charge on any atom is 0.254 e. The molecule has 3 aromatic rings. The molecular weight excluding hydrogens is 442 g/mol. The number of methoxy groups -OCH3 is 3. The van der Waals surface area contributed by atoms with Gasteiger partial charge in [-0.15, -0.1) is 0 Å². The van der Waals surface area contributed by atoms with Gasteiger partial charge in [0.25, 0.3) is 5.91 Å². The third-order valence-electron chi connectivity index (χ3n) is 6.52. The second-order valence-corrected chi connectivity index (χ2v) is 8.77. The Morgan fingerprint density at radius 1 is 0.829 bits per heavy atom. The number of amides is 1. The lowest BCUT2D eigenvalue weighted by molar-refractivity contribution is 0.0689. The molecule has 1 amide bonds. The van der Waals surface area contributed by atoms with E-state index in [1.807, 2.05) is 47.4 Å². The quantitative estimate of drug-likeness (QED) is 0.416. The van der Waals surface area contributed by atoms with E-state index in [9.17, 15) is 4.79 Å². The molecule has 35 heavy (non-hydrogen) atoms. The highest BCUT2D eigenvalue weighted by molar-refractivity contribution is 5.95. The van der Waals surface area contributed by atoms with Crippen LogP contribution in [-0.4, -0.2) is 45.2 Å². The van der Waals surface area contributed by atoms with Crippen LogP contribution in [0.2, 0.25) is 0 Å². The number of hydrogen-bond donors (Lipinski definition) is 0. The third-order valence-corrected chi connectivity index (χ3v) is 6.52. The zero-order valence-corrected chi connectivity index (χ0v) is 20.7. The fourth-order valence-electron chi connectivity index (χ4n) is 4.49. The van der Waals surface area contributed by atoms with E-state index in [-0.39, 0.29) is 5.91 Å². The van der Waals surface area contributed by atoms with E-state index in [0.29, 0.717) is 35.3 Å². The molecule has 0 aromatic heterocycles. The highest BCUT2D eigenvalue weighted by Gasteiger charge is 2.26. The summed E-state index contributed by atoms with van der Waals surface area (Å²) in [7, 11) is 4.82. The molecule has 0 spiro atoms. The van der Waals surface area contributed by atoms with Gasteiger partial charge in [0.05, 0.1) is 21.3 Å². The number of ether oxygens (including phenoxy) is 4. The number of rotatable bonds is 9. The van der Waals surface area contributed by atoms with Crippen LogP contribution in [0.4, 0.5) is 0 Å². The molecule has 6 nitrogen and oxygen atoms in total. The number of likely N-dealkylation sites (tertiary alicyclic amines) is 1. The number of nitrogens with zero attached hydrogens (tertiary/aromatic N) is 1. The number of carbonyl (C=O) groups is 1. The minimum atomic E-state index is -0.0147. The molecule has 1 aliphatic rings. The van der Waals surface area contributed by atoms with Crippen molar-refractivity contribution in [2.75, 3.05) is 34.4 Å². The fourth-order valence-corrected chi connectivity index (χ4v) is 4.49. The molecule has 184 valence electrons. The van der Waals surface area contributed by atoms with Crippen molar-refractivity contribution in [1.29, 1.82) is 0 Å². The van der Waals surface area contributed by atoms with Gasteiger partial charge in [-0.25, -0.2) is 0 Å². The van der Waals surface area contributed by atoms with Gasteiger partial charge in [0.2, 0.25) is 5.75 Å². The van der Waals surface area contributed by atoms with Gasteiger partial charge in [0.15, 0.2) is 11.5 Å². The van der Waals surface area contributed by atoms with Gasteiger partial charge in [0.1, 0.15) is 12.4 Å². The predicted molar refractivity (Wildman–Crippen MR) is 136 cm³/mol. The molecule has 1 heterocycles. The summed E-state index contributed by atoms with van der Waals surface area (Å²) in [6, 6.07) is 21.6. The summed E-state index contributed by atoms with van der Waals surface area (Å²) in [5, 5.41) is 0. The molecule has 0 unspecified atom stereocenters. The topological polar surface area (TPSA) is 57.2 Å². The SMILES string of the molecule is COc1ccc(CC2CCN(C(=O)c3cc(OC)c(OCc4ccccc4)c(OC)c3)CC2)cc1. The van der Waals surface area contributed by atoms with Crippen molar-refractivity contribution in [2.24, 2.45) is 5.92 Å². The average Bonchev–Trinajstić information content (AvgIpc) is 2.92.